The quantitative estimate of drug-likeness (QED) is 0.0185. The van der Waals surface area contributed by atoms with Gasteiger partial charge in [-0.15, -0.1) is 35.3 Å². The molecule has 0 fully saturated rings. The number of H-pyrrole nitrogens is 2. The molecule has 0 saturated carbocycles. The molecule has 38 heteroatoms. The van der Waals surface area contributed by atoms with Crippen molar-refractivity contribution in [1.82, 2.24) is 39.9 Å². The van der Waals surface area contributed by atoms with Gasteiger partial charge in [-0.3, -0.25) is 13.3 Å². The number of nitrogens with zero attached hydrogens (tertiary/aromatic N) is 6. The van der Waals surface area contributed by atoms with Gasteiger partial charge in [-0.05, 0) is 0 Å². The molecule has 7 aromatic rings. The third-order valence-corrected chi connectivity index (χ3v) is 21.3. The standard InChI is InChI=1S/C39H19Cl13N8O11S6/c1-75(61,62)69-2-5-72-29-14-11(19(43)24(48)26(29)50)36-58-38-13-10(18(42)23(47)27(51)30(13)73-6-3-70-76(63,64)65)34(56-38)54-32-8-9(17(41)22(46)21(45)16(8)40)33(53-32)55-37-15-12(35(57-37)59-39(14)60-36)20(44)25(49)28(52)31(15)74-7-4-71-77(66,67)68/h2-7H2,1H3,(H,63,64,65)(H,66,67,68)(H2,53,54,55,56,57,58,59,60). The molecule has 4 N–H and O–H groups in total. The smallest absolute Gasteiger partial charge is 0.324 e. The van der Waals surface area contributed by atoms with Crippen molar-refractivity contribution in [2.45, 2.75) is 14.7 Å². The summed E-state index contributed by atoms with van der Waals surface area (Å²) in [4.78, 5) is 36.0. The molecule has 0 atom stereocenters. The van der Waals surface area contributed by atoms with Crippen molar-refractivity contribution in [2.24, 2.45) is 0 Å². The van der Waals surface area contributed by atoms with Gasteiger partial charge in [0.1, 0.15) is 22.6 Å². The summed E-state index contributed by atoms with van der Waals surface area (Å²) in [6.07, 6.45) is 0.872. The molecular formula is C39H19Cl13N8O11S6. The molecule has 0 aliphatic carbocycles. The van der Waals surface area contributed by atoms with Crippen molar-refractivity contribution in [1.29, 1.82) is 0 Å². The highest BCUT2D eigenvalue weighted by Gasteiger charge is 2.35. The maximum absolute atomic E-state index is 12.0. The summed E-state index contributed by atoms with van der Waals surface area (Å²) in [6.45, 7) is -1.46. The number of hydrogen-bond donors (Lipinski definition) is 4. The summed E-state index contributed by atoms with van der Waals surface area (Å²) in [5, 5.41) is -2.15. The van der Waals surface area contributed by atoms with Gasteiger partial charge < -0.3 is 9.97 Å². The van der Waals surface area contributed by atoms with Gasteiger partial charge in [0.2, 0.25) is 0 Å². The fraction of sp³-hybridized carbons (Fsp3) is 0.179. The molecule has 0 radical (unpaired) electrons. The van der Waals surface area contributed by atoms with Crippen LogP contribution in [0.25, 0.3) is 89.7 Å². The Hall–Kier alpha value is -1.29. The third-order valence-electron chi connectivity index (χ3n) is 10.5. The number of aromatic amines is 2. The van der Waals surface area contributed by atoms with Gasteiger partial charge in [-0.2, -0.15) is 25.3 Å². The van der Waals surface area contributed by atoms with E-state index in [0.29, 0.717) is 0 Å². The summed E-state index contributed by atoms with van der Waals surface area (Å²) in [6, 6.07) is 0. The molecule has 3 aromatic heterocycles. The lowest BCUT2D eigenvalue weighted by Gasteiger charge is -2.14. The van der Waals surface area contributed by atoms with Crippen LogP contribution in [0.15, 0.2) is 14.7 Å². The van der Waals surface area contributed by atoms with Gasteiger partial charge in [0.15, 0.2) is 23.3 Å². The Morgan fingerprint density at radius 2 is 0.662 bits per heavy atom. The Balaban J connectivity index is 1.49. The van der Waals surface area contributed by atoms with Crippen molar-refractivity contribution in [2.75, 3.05) is 43.3 Å². The molecule has 0 unspecified atom stereocenters. The SMILES string of the molecule is CS(=O)(=O)OCCSc1c(Cl)c(Cl)c(Cl)c2c3nc4nc(nc5[nH]c(nc6nc(nc([nH]3)c12)-c1c(Cl)c(Cl)c(Cl)c(SCCOS(=O)(=O)O)c1-6)c1c(Cl)c(Cl)c(Cl)c(Cl)c51)-c1c(Cl)c(Cl)c(Cl)c(SCCOS(=O)(=O)O)c1-4. The van der Waals surface area contributed by atoms with Crippen molar-refractivity contribution in [3.63, 3.8) is 0 Å². The molecule has 0 amide bonds. The van der Waals surface area contributed by atoms with Crippen LogP contribution in [-0.4, -0.2) is 118 Å². The van der Waals surface area contributed by atoms with E-state index in [1.165, 1.54) is 0 Å². The van der Waals surface area contributed by atoms with E-state index in [2.05, 4.69) is 18.3 Å². The Morgan fingerprint density at radius 1 is 0.377 bits per heavy atom. The van der Waals surface area contributed by atoms with E-state index in [9.17, 15) is 34.4 Å². The van der Waals surface area contributed by atoms with Gasteiger partial charge in [0.25, 0.3) is 10.1 Å². The van der Waals surface area contributed by atoms with E-state index < -0.39 is 44.1 Å². The normalized spacial score (nSPS) is 12.8. The van der Waals surface area contributed by atoms with Crippen molar-refractivity contribution in [3.05, 3.63) is 65.3 Å². The largest absolute Gasteiger partial charge is 0.397 e. The van der Waals surface area contributed by atoms with Gasteiger partial charge in [-0.25, -0.2) is 38.3 Å². The molecule has 4 aromatic carbocycles. The maximum atomic E-state index is 12.0. The number of rotatable bonds is 15. The predicted octanol–water partition coefficient (Wildman–Crippen LogP) is 15.3. The van der Waals surface area contributed by atoms with Crippen LogP contribution in [0.4, 0.5) is 0 Å². The van der Waals surface area contributed by atoms with E-state index in [4.69, 9.17) is 185 Å². The lowest BCUT2D eigenvalue weighted by atomic mass is 10.1. The Labute approximate surface area is 511 Å². The van der Waals surface area contributed by atoms with Crippen LogP contribution >= 0.6 is 186 Å². The first-order chi connectivity index (χ1) is 36.0. The lowest BCUT2D eigenvalue weighted by molar-refractivity contribution is 0.283. The van der Waals surface area contributed by atoms with Crippen LogP contribution in [0.3, 0.4) is 0 Å². The van der Waals surface area contributed by atoms with Crippen LogP contribution in [0.2, 0.25) is 65.3 Å². The lowest BCUT2D eigenvalue weighted by Crippen LogP contribution is -2.06. The molecule has 5 heterocycles. The summed E-state index contributed by atoms with van der Waals surface area (Å²) < 4.78 is 103. The molecule has 2 aliphatic heterocycles. The number of halogens is 13. The average Bonchev–Trinajstić information content (AvgIpc) is 4.21. The van der Waals surface area contributed by atoms with Gasteiger partial charge in [-0.1, -0.05) is 151 Å². The number of hydrogen-bond acceptors (Lipinski definition) is 18. The van der Waals surface area contributed by atoms with Crippen LogP contribution in [0.5, 0.6) is 0 Å². The Kier molecular flexibility index (Phi) is 18.1. The fourth-order valence-corrected chi connectivity index (χ4v) is 15.5. The second kappa shape index (κ2) is 23.0. The summed E-state index contributed by atoms with van der Waals surface area (Å²) in [5.74, 6) is -1.25. The summed E-state index contributed by atoms with van der Waals surface area (Å²) in [7, 11) is -13.6. The molecule has 77 heavy (non-hydrogen) atoms. The van der Waals surface area contributed by atoms with Crippen LogP contribution in [0, 0.1) is 0 Å². The third kappa shape index (κ3) is 11.8. The number of nitrogens with one attached hydrogen (secondary N) is 2. The van der Waals surface area contributed by atoms with Crippen molar-refractivity contribution >= 4 is 261 Å². The van der Waals surface area contributed by atoms with E-state index in [-0.39, 0.29) is 194 Å². The number of thioether (sulfide) groups is 3. The highest BCUT2D eigenvalue weighted by atomic mass is 35.5. The first kappa shape index (κ1) is 60.3. The maximum Gasteiger partial charge on any atom is 0.397 e. The summed E-state index contributed by atoms with van der Waals surface area (Å²) in [5.41, 5.74) is -0.349. The van der Waals surface area contributed by atoms with Crippen LogP contribution in [-0.2, 0) is 43.5 Å². The second-order valence-electron chi connectivity index (χ2n) is 15.2. The highest BCUT2D eigenvalue weighted by Crippen LogP contribution is 2.56. The molecule has 2 aliphatic rings. The minimum atomic E-state index is -4.87. The number of benzene rings is 4. The average molecular weight is 1430 g/mol. The zero-order valence-electron chi connectivity index (χ0n) is 36.9. The number of aromatic nitrogens is 8. The van der Waals surface area contributed by atoms with Gasteiger partial charge in [0.05, 0.1) is 113 Å². The predicted molar refractivity (Wildman–Crippen MR) is 309 cm³/mol. The van der Waals surface area contributed by atoms with E-state index in [1.807, 2.05) is 0 Å². The minimum Gasteiger partial charge on any atom is -0.324 e. The molecule has 0 saturated heterocycles. The van der Waals surface area contributed by atoms with Gasteiger partial charge >= 0.3 is 20.8 Å². The fourth-order valence-electron chi connectivity index (χ4n) is 7.57. The second-order valence-corrected chi connectivity index (χ2v) is 27.3. The monoisotopic (exact) mass is 1420 g/mol. The van der Waals surface area contributed by atoms with E-state index in [0.717, 1.165) is 41.5 Å². The first-order valence-corrected chi connectivity index (χ1v) is 32.7. The molecule has 9 rings (SSSR count). The Bertz CT molecular complexity index is 4240. The van der Waals surface area contributed by atoms with Crippen molar-refractivity contribution < 1.29 is 46.9 Å². The zero-order chi connectivity index (χ0) is 56.1. The number of fused-ring (bicyclic) bond motifs is 20. The van der Waals surface area contributed by atoms with Crippen LogP contribution < -0.4 is 0 Å². The topological polar surface area (TPSA) is 279 Å². The molecular weight excluding hydrogens is 1410 g/mol. The Morgan fingerprint density at radius 3 is 1.03 bits per heavy atom. The first-order valence-electron chi connectivity index (χ1n) is 20.3. The molecule has 8 bridgehead atoms. The van der Waals surface area contributed by atoms with Crippen molar-refractivity contribution in [3.8, 4) is 45.6 Å². The van der Waals surface area contributed by atoms with Crippen LogP contribution in [0.1, 0.15) is 0 Å². The highest BCUT2D eigenvalue weighted by molar-refractivity contribution is 8.00. The molecule has 408 valence electrons. The minimum absolute atomic E-state index is 0.00480. The molecule has 19 nitrogen and oxygen atoms in total. The molecule has 0 spiro atoms. The zero-order valence-corrected chi connectivity index (χ0v) is 51.6. The van der Waals surface area contributed by atoms with E-state index >= 15 is 0 Å². The summed E-state index contributed by atoms with van der Waals surface area (Å²) >= 11 is 92.7. The van der Waals surface area contributed by atoms with Gasteiger partial charge in [0, 0.05) is 53.8 Å². The van der Waals surface area contributed by atoms with E-state index in [1.54, 1.807) is 0 Å².